The Morgan fingerprint density at radius 3 is 2.25 bits per heavy atom. The van der Waals surface area contributed by atoms with Gasteiger partial charge in [0.05, 0.1) is 24.6 Å². The molecule has 61 heavy (non-hydrogen) atoms. The van der Waals surface area contributed by atoms with Gasteiger partial charge in [0.15, 0.2) is 0 Å². The van der Waals surface area contributed by atoms with E-state index >= 15 is 0 Å². The van der Waals surface area contributed by atoms with Gasteiger partial charge in [0.1, 0.15) is 35.1 Å². The molecule has 1 aromatic heterocycles. The summed E-state index contributed by atoms with van der Waals surface area (Å²) in [7, 11) is -2.34. The first-order valence-electron chi connectivity index (χ1n) is 20.9. The van der Waals surface area contributed by atoms with Gasteiger partial charge in [-0.05, 0) is 101 Å². The maximum atomic E-state index is 14.8. The van der Waals surface area contributed by atoms with Crippen molar-refractivity contribution in [1.82, 2.24) is 25.2 Å². The minimum absolute atomic E-state index is 0.0141. The quantitative estimate of drug-likeness (QED) is 0.159. The molecule has 1 aliphatic heterocycles. The molecule has 16 heteroatoms. The first-order chi connectivity index (χ1) is 28.6. The van der Waals surface area contributed by atoms with Crippen molar-refractivity contribution >= 4 is 50.3 Å². The lowest BCUT2D eigenvalue weighted by Gasteiger charge is -2.36. The maximum Gasteiger partial charge on any atom is 0.408 e. The summed E-state index contributed by atoms with van der Waals surface area (Å²) in [4.78, 5) is 64.7. The number of rotatable bonds is 15. The highest BCUT2D eigenvalue weighted by molar-refractivity contribution is 7.91. The number of nitrogens with one attached hydrogen (secondary N) is 3. The van der Waals surface area contributed by atoms with Crippen molar-refractivity contribution in [2.45, 2.75) is 116 Å². The SMILES string of the molecule is C=CC1C[C@]1(NC(=O)C1C[C@@H](Oc2nc(-c3ccc(N(CC)CC)cc3)cc3cc(OC)ccc23)CN1C(=O)[C@@H](NC(=O)OC(C)(C)C)C(C)(C)C)C(=O)NS(=O)(=O)C1CC1. The molecule has 2 aromatic carbocycles. The first kappa shape index (κ1) is 45.2. The standard InChI is InChI=1S/C45H60N6O9S/c1-11-29-25-45(29,41(54)49-61(56,57)33-19-20-33)48-38(52)36-24-32(26-51(36)40(53)37(43(4,5)6)47-42(55)60-44(7,8)9)59-39-34-21-18-31(58-10)22-28(34)23-35(46-39)27-14-16-30(17-15-27)50(12-2)13-3/h11,14-18,21-23,29,32-33,36-37H,1,12-13,19-20,24-26H2,2-10H3,(H,47,55)(H,48,52)(H,49,54)/t29?,32-,36?,37-,45-/m1/s1. The summed E-state index contributed by atoms with van der Waals surface area (Å²) in [5.74, 6) is -1.74. The summed E-state index contributed by atoms with van der Waals surface area (Å²) in [5.41, 5.74) is -0.714. The number of likely N-dealkylation sites (tertiary alicyclic amines) is 1. The van der Waals surface area contributed by atoms with Crippen LogP contribution < -0.4 is 29.7 Å². The average molecular weight is 861 g/mol. The minimum Gasteiger partial charge on any atom is -0.497 e. The minimum atomic E-state index is -3.93. The molecule has 330 valence electrons. The van der Waals surface area contributed by atoms with E-state index in [0.29, 0.717) is 29.7 Å². The summed E-state index contributed by atoms with van der Waals surface area (Å²) < 4.78 is 45.6. The number of hydrogen-bond donors (Lipinski definition) is 3. The lowest BCUT2D eigenvalue weighted by Crippen LogP contribution is -2.60. The van der Waals surface area contributed by atoms with Crippen molar-refractivity contribution < 1.29 is 41.8 Å². The van der Waals surface area contributed by atoms with Crippen molar-refractivity contribution in [2.75, 3.05) is 31.6 Å². The molecule has 0 radical (unpaired) electrons. The molecule has 2 heterocycles. The largest absolute Gasteiger partial charge is 0.497 e. The molecular formula is C45H60N6O9S. The highest BCUT2D eigenvalue weighted by atomic mass is 32.2. The van der Waals surface area contributed by atoms with Crippen molar-refractivity contribution in [1.29, 1.82) is 0 Å². The highest BCUT2D eigenvalue weighted by Gasteiger charge is 2.62. The zero-order valence-electron chi connectivity index (χ0n) is 36.7. The van der Waals surface area contributed by atoms with Crippen LogP contribution in [0.2, 0.25) is 0 Å². The Hall–Kier alpha value is -5.38. The van der Waals surface area contributed by atoms with E-state index in [1.54, 1.807) is 54.7 Å². The summed E-state index contributed by atoms with van der Waals surface area (Å²) >= 11 is 0. The molecule has 3 N–H and O–H groups in total. The van der Waals surface area contributed by atoms with Crippen molar-refractivity contribution in [3.63, 3.8) is 0 Å². The van der Waals surface area contributed by atoms with Crippen LogP contribution in [0.3, 0.4) is 0 Å². The normalized spacial score (nSPS) is 21.9. The summed E-state index contributed by atoms with van der Waals surface area (Å²) in [6.07, 6.45) is 0.924. The molecule has 3 fully saturated rings. The number of sulfonamides is 1. The molecule has 0 bridgehead atoms. The molecule has 3 aliphatic rings. The van der Waals surface area contributed by atoms with E-state index in [4.69, 9.17) is 19.2 Å². The summed E-state index contributed by atoms with van der Waals surface area (Å²) in [6, 6.07) is 13.2. The molecule has 5 atom stereocenters. The van der Waals surface area contributed by atoms with Gasteiger partial charge in [0.2, 0.25) is 27.7 Å². The van der Waals surface area contributed by atoms with E-state index in [0.717, 1.165) is 29.7 Å². The lowest BCUT2D eigenvalue weighted by atomic mass is 9.85. The molecule has 0 spiro atoms. The number of nitrogens with zero attached hydrogens (tertiary/aromatic N) is 3. The van der Waals surface area contributed by atoms with Crippen LogP contribution in [0.4, 0.5) is 10.5 Å². The van der Waals surface area contributed by atoms with Crippen LogP contribution in [0.15, 0.2) is 61.2 Å². The fourth-order valence-corrected chi connectivity index (χ4v) is 9.16. The Kier molecular flexibility index (Phi) is 12.7. The smallest absolute Gasteiger partial charge is 0.408 e. The zero-order chi connectivity index (χ0) is 44.7. The van der Waals surface area contributed by atoms with Crippen LogP contribution in [0.5, 0.6) is 11.6 Å². The molecule has 3 aromatic rings. The second-order valence-electron chi connectivity index (χ2n) is 18.2. The van der Waals surface area contributed by atoms with Crippen LogP contribution in [0.1, 0.15) is 81.1 Å². The number of ether oxygens (including phenoxy) is 3. The number of fused-ring (bicyclic) bond motifs is 1. The summed E-state index contributed by atoms with van der Waals surface area (Å²) in [5, 5.41) is 6.37. The van der Waals surface area contributed by atoms with Crippen molar-refractivity contribution in [3.05, 3.63) is 61.2 Å². The molecule has 2 saturated carbocycles. The van der Waals surface area contributed by atoms with Crippen LogP contribution >= 0.6 is 0 Å². The van der Waals surface area contributed by atoms with Crippen LogP contribution in [0, 0.1) is 11.3 Å². The second kappa shape index (κ2) is 17.2. The Morgan fingerprint density at radius 2 is 1.69 bits per heavy atom. The molecule has 1 saturated heterocycles. The topological polar surface area (TPSA) is 186 Å². The Bertz CT molecular complexity index is 2280. The number of benzene rings is 2. The van der Waals surface area contributed by atoms with Gasteiger partial charge in [-0.15, -0.1) is 6.58 Å². The van der Waals surface area contributed by atoms with E-state index in [-0.39, 0.29) is 25.3 Å². The molecule has 2 aliphatic carbocycles. The van der Waals surface area contributed by atoms with Gasteiger partial charge in [-0.1, -0.05) is 39.0 Å². The second-order valence-corrected chi connectivity index (χ2v) is 20.2. The fourth-order valence-electron chi connectivity index (χ4n) is 7.79. The van der Waals surface area contributed by atoms with Gasteiger partial charge in [0.25, 0.3) is 5.91 Å². The number of carbonyl (C=O) groups excluding carboxylic acids is 4. The fraction of sp³-hybridized carbons (Fsp3) is 0.533. The van der Waals surface area contributed by atoms with E-state index in [2.05, 4.69) is 40.7 Å². The third-order valence-corrected chi connectivity index (χ3v) is 13.3. The Morgan fingerprint density at radius 1 is 1.02 bits per heavy atom. The molecule has 15 nitrogen and oxygen atoms in total. The van der Waals surface area contributed by atoms with Crippen LogP contribution in [-0.2, 0) is 29.1 Å². The van der Waals surface area contributed by atoms with Crippen molar-refractivity contribution in [2.24, 2.45) is 11.3 Å². The van der Waals surface area contributed by atoms with E-state index in [1.165, 1.54) is 11.0 Å². The van der Waals surface area contributed by atoms with Crippen LogP contribution in [-0.4, -0.2) is 103 Å². The zero-order valence-corrected chi connectivity index (χ0v) is 37.5. The van der Waals surface area contributed by atoms with E-state index < -0.39 is 79.7 Å². The maximum absolute atomic E-state index is 14.8. The predicted octanol–water partition coefficient (Wildman–Crippen LogP) is 5.71. The number of anilines is 1. The van der Waals surface area contributed by atoms with Gasteiger partial charge >= 0.3 is 6.09 Å². The van der Waals surface area contributed by atoms with Crippen molar-refractivity contribution in [3.8, 4) is 22.9 Å². The predicted molar refractivity (Wildman–Crippen MR) is 234 cm³/mol. The molecular weight excluding hydrogens is 801 g/mol. The van der Waals surface area contributed by atoms with E-state index in [1.807, 2.05) is 42.5 Å². The number of carbonyl (C=O) groups is 4. The van der Waals surface area contributed by atoms with Gasteiger partial charge in [-0.3, -0.25) is 19.1 Å². The first-order valence-corrected chi connectivity index (χ1v) is 22.5. The van der Waals surface area contributed by atoms with Crippen LogP contribution in [0.25, 0.3) is 22.0 Å². The van der Waals surface area contributed by atoms with Gasteiger partial charge in [0, 0.05) is 42.1 Å². The number of hydrogen-bond acceptors (Lipinski definition) is 11. The molecule has 4 amide bonds. The molecule has 6 rings (SSSR count). The monoisotopic (exact) mass is 860 g/mol. The van der Waals surface area contributed by atoms with Gasteiger partial charge < -0.3 is 34.6 Å². The highest BCUT2D eigenvalue weighted by Crippen LogP contribution is 2.46. The third kappa shape index (κ3) is 10.1. The lowest BCUT2D eigenvalue weighted by molar-refractivity contribution is -0.143. The van der Waals surface area contributed by atoms with E-state index in [9.17, 15) is 27.6 Å². The number of alkyl carbamates (subject to hydrolysis) is 1. The third-order valence-electron chi connectivity index (χ3n) is 11.4. The number of pyridine rings is 1. The molecule has 2 unspecified atom stereocenters. The van der Waals surface area contributed by atoms with Gasteiger partial charge in [-0.2, -0.15) is 0 Å². The average Bonchev–Trinajstić information content (AvgIpc) is 4.13. The Labute approximate surface area is 359 Å². The number of methoxy groups -OCH3 is 1. The summed E-state index contributed by atoms with van der Waals surface area (Å²) in [6.45, 7) is 20.2. The number of aromatic nitrogens is 1. The number of amides is 4. The van der Waals surface area contributed by atoms with Gasteiger partial charge in [-0.25, -0.2) is 18.2 Å². The Balaban J connectivity index is 1.35.